The van der Waals surface area contributed by atoms with Crippen molar-refractivity contribution in [3.05, 3.63) is 0 Å². The Kier molecular flexibility index (Phi) is 16.9. The van der Waals surface area contributed by atoms with E-state index in [0.717, 1.165) is 0 Å². The van der Waals surface area contributed by atoms with E-state index in [9.17, 15) is 0 Å². The Hall–Kier alpha value is -0.610. The number of aliphatic hydroxyl groups is 1. The van der Waals surface area contributed by atoms with Gasteiger partial charge in [0.1, 0.15) is 0 Å². The molecule has 4 heteroatoms. The first-order valence-electron chi connectivity index (χ1n) is 4.81. The highest BCUT2D eigenvalue weighted by atomic mass is 16.3. The molecule has 0 saturated heterocycles. The van der Waals surface area contributed by atoms with Gasteiger partial charge in [0.25, 0.3) is 0 Å². The molecule has 88 valence electrons. The molecule has 0 aliphatic carbocycles. The molecule has 0 bridgehead atoms. The lowest BCUT2D eigenvalue weighted by Crippen LogP contribution is -2.33. The second-order valence-electron chi connectivity index (χ2n) is 3.46. The number of nitrogens with one attached hydrogen (secondary N) is 1. The van der Waals surface area contributed by atoms with E-state index in [2.05, 4.69) is 5.32 Å². The van der Waals surface area contributed by atoms with Crippen LogP contribution >= 0.6 is 0 Å². The summed E-state index contributed by atoms with van der Waals surface area (Å²) in [4.78, 5) is 11.0. The molecule has 0 aliphatic rings. The van der Waals surface area contributed by atoms with Crippen LogP contribution in [0.1, 0.15) is 27.7 Å². The van der Waals surface area contributed by atoms with Crippen LogP contribution in [-0.2, 0) is 4.79 Å². The van der Waals surface area contributed by atoms with Crippen LogP contribution < -0.4 is 5.32 Å². The van der Waals surface area contributed by atoms with Crippen molar-refractivity contribution in [1.29, 1.82) is 0 Å². The largest absolute Gasteiger partial charge is 0.389 e. The molecule has 4 nitrogen and oxygen atoms in total. The van der Waals surface area contributed by atoms with E-state index in [1.165, 1.54) is 0 Å². The molecule has 0 aromatic rings. The number of likely N-dealkylation sites (N-methyl/N-ethyl adjacent to an activating group) is 1. The predicted molar refractivity (Wildman–Crippen MR) is 61.3 cm³/mol. The Morgan fingerprint density at radius 2 is 1.64 bits per heavy atom. The van der Waals surface area contributed by atoms with Crippen molar-refractivity contribution in [1.82, 2.24) is 10.2 Å². The maximum Gasteiger partial charge on any atom is 0.206 e. The Balaban J connectivity index is -0.000000170. The Labute approximate surface area is 88.3 Å². The number of nitrogens with zero attached hydrogens (tertiary/aromatic N) is 1. The van der Waals surface area contributed by atoms with E-state index in [0.29, 0.717) is 13.0 Å². The van der Waals surface area contributed by atoms with Crippen LogP contribution in [0.25, 0.3) is 0 Å². The van der Waals surface area contributed by atoms with E-state index in [1.54, 1.807) is 20.9 Å². The van der Waals surface area contributed by atoms with E-state index in [-0.39, 0.29) is 0 Å². The predicted octanol–water partition coefficient (Wildman–Crippen LogP) is 0.707. The van der Waals surface area contributed by atoms with Crippen molar-refractivity contribution in [3.63, 3.8) is 0 Å². The molecular formula is C10H26N2O2. The number of amides is 1. The normalized spacial score (nSPS) is 9.21. The lowest BCUT2D eigenvalue weighted by molar-refractivity contribution is -0.109. The van der Waals surface area contributed by atoms with Gasteiger partial charge < -0.3 is 15.3 Å². The molecule has 0 radical (unpaired) electrons. The maximum atomic E-state index is 9.15. The zero-order chi connectivity index (χ0) is 12.2. The fraction of sp³-hybridized carbons (Fsp3) is 0.900. The van der Waals surface area contributed by atoms with Crippen LogP contribution in [0.3, 0.4) is 0 Å². The lowest BCUT2D eigenvalue weighted by atomic mass is 10.1. The second kappa shape index (κ2) is 12.4. The van der Waals surface area contributed by atoms with Crippen LogP contribution in [0.15, 0.2) is 0 Å². The van der Waals surface area contributed by atoms with E-state index in [4.69, 9.17) is 9.90 Å². The summed E-state index contributed by atoms with van der Waals surface area (Å²) in [5.41, 5.74) is -0.552. The molecule has 14 heavy (non-hydrogen) atoms. The van der Waals surface area contributed by atoms with Crippen LogP contribution in [0.4, 0.5) is 0 Å². The summed E-state index contributed by atoms with van der Waals surface area (Å²) in [6, 6.07) is 0. The van der Waals surface area contributed by atoms with Crippen LogP contribution in [0.5, 0.6) is 0 Å². The number of rotatable bonds is 3. The highest BCUT2D eigenvalue weighted by Crippen LogP contribution is 2.00. The minimum absolute atomic E-state index is 0.552. The average molecular weight is 206 g/mol. The van der Waals surface area contributed by atoms with Crippen molar-refractivity contribution >= 4 is 6.41 Å². The van der Waals surface area contributed by atoms with Gasteiger partial charge in [0.2, 0.25) is 6.41 Å². The van der Waals surface area contributed by atoms with E-state index < -0.39 is 5.60 Å². The third-order valence-corrected chi connectivity index (χ3v) is 0.821. The molecule has 0 unspecified atom stereocenters. The van der Waals surface area contributed by atoms with Gasteiger partial charge in [0, 0.05) is 13.6 Å². The minimum atomic E-state index is -0.552. The highest BCUT2D eigenvalue weighted by Gasteiger charge is 2.12. The first-order chi connectivity index (χ1) is 6.33. The number of carbonyl (C=O) groups is 1. The van der Waals surface area contributed by atoms with Crippen molar-refractivity contribution in [2.45, 2.75) is 33.3 Å². The second-order valence-corrected chi connectivity index (χ2v) is 3.46. The summed E-state index contributed by atoms with van der Waals surface area (Å²) >= 11 is 0. The molecule has 0 saturated carbocycles. The zero-order valence-corrected chi connectivity index (χ0v) is 10.6. The fourth-order valence-corrected chi connectivity index (χ4v) is 0.774. The smallest absolute Gasteiger partial charge is 0.206 e. The molecular weight excluding hydrogens is 180 g/mol. The summed E-state index contributed by atoms with van der Waals surface area (Å²) in [6.45, 7) is 8.31. The van der Waals surface area contributed by atoms with Gasteiger partial charge in [0.15, 0.2) is 0 Å². The minimum Gasteiger partial charge on any atom is -0.389 e. The van der Waals surface area contributed by atoms with Crippen LogP contribution in [0.2, 0.25) is 0 Å². The first kappa shape index (κ1) is 19.0. The topological polar surface area (TPSA) is 52.6 Å². The molecule has 0 aliphatic heterocycles. The van der Waals surface area contributed by atoms with Gasteiger partial charge in [-0.3, -0.25) is 4.79 Å². The van der Waals surface area contributed by atoms with Gasteiger partial charge >= 0.3 is 0 Å². The van der Waals surface area contributed by atoms with Gasteiger partial charge in [-0.2, -0.15) is 0 Å². The van der Waals surface area contributed by atoms with Gasteiger partial charge in [0.05, 0.1) is 5.60 Å². The Bertz CT molecular complexity index is 109. The van der Waals surface area contributed by atoms with Gasteiger partial charge in [-0.25, -0.2) is 0 Å². The third kappa shape index (κ3) is 42.3. The van der Waals surface area contributed by atoms with Crippen molar-refractivity contribution in [3.8, 4) is 0 Å². The van der Waals surface area contributed by atoms with Gasteiger partial charge in [-0.05, 0) is 27.9 Å². The van der Waals surface area contributed by atoms with Gasteiger partial charge in [-0.15, -0.1) is 0 Å². The highest BCUT2D eigenvalue weighted by molar-refractivity contribution is 5.44. The summed E-state index contributed by atoms with van der Waals surface area (Å²) in [5, 5.41) is 11.4. The van der Waals surface area contributed by atoms with Crippen molar-refractivity contribution < 1.29 is 9.90 Å². The third-order valence-electron chi connectivity index (χ3n) is 0.821. The molecule has 1 amide bonds. The molecule has 0 aromatic heterocycles. The molecule has 0 fully saturated rings. The van der Waals surface area contributed by atoms with Crippen molar-refractivity contribution in [2.24, 2.45) is 0 Å². The molecule has 0 rings (SSSR count). The Morgan fingerprint density at radius 1 is 1.36 bits per heavy atom. The summed E-state index contributed by atoms with van der Waals surface area (Å²) < 4.78 is 0. The van der Waals surface area contributed by atoms with E-state index >= 15 is 0 Å². The number of hydrogen-bond donors (Lipinski definition) is 2. The Morgan fingerprint density at radius 3 is 1.64 bits per heavy atom. The molecule has 0 heterocycles. The first-order valence-corrected chi connectivity index (χ1v) is 4.81. The average Bonchev–Trinajstić information content (AvgIpc) is 2.04. The van der Waals surface area contributed by atoms with Crippen molar-refractivity contribution in [2.75, 3.05) is 27.7 Å². The summed E-state index contributed by atoms with van der Waals surface area (Å²) in [6.07, 6.45) is 0.625. The number of carbonyl (C=O) groups excluding carboxylic acids is 1. The molecule has 0 spiro atoms. The SMILES string of the molecule is CC.CN(C)CC(C)(C)O.CNC=O. The standard InChI is InChI=1S/C6H15NO.C2H5NO.C2H6/c1-6(2,8)5-7(3)4;1-3-2-4;1-2/h8H,5H2,1-4H3;2H,1H3,(H,3,4);1-2H3. The number of hydrogen-bond acceptors (Lipinski definition) is 3. The van der Waals surface area contributed by atoms with Crippen LogP contribution in [-0.4, -0.2) is 49.7 Å². The fourth-order valence-electron chi connectivity index (χ4n) is 0.774. The molecule has 2 N–H and O–H groups in total. The van der Waals surface area contributed by atoms with E-state index in [1.807, 2.05) is 32.8 Å². The van der Waals surface area contributed by atoms with Crippen LogP contribution in [0, 0.1) is 0 Å². The van der Waals surface area contributed by atoms with Gasteiger partial charge in [-0.1, -0.05) is 13.8 Å². The molecule has 0 aromatic carbocycles. The maximum absolute atomic E-state index is 9.15. The quantitative estimate of drug-likeness (QED) is 0.669. The zero-order valence-electron chi connectivity index (χ0n) is 10.6. The molecule has 0 atom stereocenters. The lowest BCUT2D eigenvalue weighted by Gasteiger charge is -2.21. The monoisotopic (exact) mass is 206 g/mol. The summed E-state index contributed by atoms with van der Waals surface area (Å²) in [5.74, 6) is 0. The summed E-state index contributed by atoms with van der Waals surface area (Å²) in [7, 11) is 5.45.